The van der Waals surface area contributed by atoms with E-state index in [1.165, 1.54) is 0 Å². The zero-order valence-corrected chi connectivity index (χ0v) is 12.7. The molecule has 0 saturated carbocycles. The normalized spacial score (nSPS) is 14.4. The molecule has 15 heavy (non-hydrogen) atoms. The highest BCUT2D eigenvalue weighted by Crippen LogP contribution is 2.36. The summed E-state index contributed by atoms with van der Waals surface area (Å²) < 4.78 is 11.5. The second-order valence-corrected chi connectivity index (χ2v) is 10.1. The van der Waals surface area contributed by atoms with E-state index in [1.54, 1.807) is 14.2 Å². The molecule has 2 nitrogen and oxygen atoms in total. The van der Waals surface area contributed by atoms with Gasteiger partial charge in [0.15, 0.2) is 0 Å². The lowest BCUT2D eigenvalue weighted by Crippen LogP contribution is -2.46. The van der Waals surface area contributed by atoms with Gasteiger partial charge in [0.05, 0.1) is 0 Å². The lowest BCUT2D eigenvalue weighted by molar-refractivity contribution is 0.208. The van der Waals surface area contributed by atoms with Gasteiger partial charge in [0.2, 0.25) is 0 Å². The predicted molar refractivity (Wildman–Crippen MR) is 68.3 cm³/mol. The number of rotatable bonds is 4. The summed E-state index contributed by atoms with van der Waals surface area (Å²) in [5.41, 5.74) is 0.535. The van der Waals surface area contributed by atoms with Crippen LogP contribution in [0.3, 0.4) is 0 Å². The smallest absolute Gasteiger partial charge is 0.338 e. The first kappa shape index (κ1) is 15.1. The molecule has 0 aromatic heterocycles. The van der Waals surface area contributed by atoms with E-state index in [0.717, 1.165) is 12.1 Å². The summed E-state index contributed by atoms with van der Waals surface area (Å²) in [5, 5.41) is 0. The molecule has 0 amide bonds. The van der Waals surface area contributed by atoms with E-state index in [1.807, 2.05) is 0 Å². The first-order valence-electron chi connectivity index (χ1n) is 5.64. The minimum Gasteiger partial charge on any atom is -0.398 e. The van der Waals surface area contributed by atoms with E-state index in [-0.39, 0.29) is 10.8 Å². The topological polar surface area (TPSA) is 18.5 Å². The van der Waals surface area contributed by atoms with Crippen molar-refractivity contribution in [2.75, 3.05) is 14.2 Å². The maximum absolute atomic E-state index is 5.76. The highest BCUT2D eigenvalue weighted by molar-refractivity contribution is 6.67. The van der Waals surface area contributed by atoms with Gasteiger partial charge in [-0.25, -0.2) is 0 Å². The zero-order chi connectivity index (χ0) is 12.3. The van der Waals surface area contributed by atoms with Crippen molar-refractivity contribution in [3.05, 3.63) is 0 Å². The molecular weight excluding hydrogens is 204 g/mol. The van der Waals surface area contributed by atoms with Crippen LogP contribution in [-0.4, -0.2) is 22.8 Å². The molecule has 0 fully saturated rings. The number of hydrogen-bond acceptors (Lipinski definition) is 2. The van der Waals surface area contributed by atoms with E-state index in [9.17, 15) is 0 Å². The third-order valence-electron chi connectivity index (χ3n) is 2.34. The SMILES string of the molecule is CO[Si](CC(C)(C)C)(CC(C)(C)C)OC. The van der Waals surface area contributed by atoms with Gasteiger partial charge in [-0.2, -0.15) is 0 Å². The van der Waals surface area contributed by atoms with Crippen LogP contribution in [0.15, 0.2) is 0 Å². The van der Waals surface area contributed by atoms with Gasteiger partial charge in [-0.05, 0) is 22.9 Å². The molecule has 0 N–H and O–H groups in total. The van der Waals surface area contributed by atoms with Crippen molar-refractivity contribution in [1.29, 1.82) is 0 Å². The van der Waals surface area contributed by atoms with Gasteiger partial charge < -0.3 is 8.85 Å². The average Bonchev–Trinajstić information content (AvgIpc) is 1.98. The monoisotopic (exact) mass is 232 g/mol. The molecule has 0 aromatic rings. The van der Waals surface area contributed by atoms with Crippen molar-refractivity contribution in [2.45, 2.75) is 53.6 Å². The highest BCUT2D eigenvalue weighted by atomic mass is 28.4. The van der Waals surface area contributed by atoms with E-state index in [4.69, 9.17) is 8.85 Å². The lowest BCUT2D eigenvalue weighted by Gasteiger charge is -2.37. The van der Waals surface area contributed by atoms with Crippen LogP contribution >= 0.6 is 0 Å². The van der Waals surface area contributed by atoms with E-state index < -0.39 is 8.56 Å². The van der Waals surface area contributed by atoms with E-state index >= 15 is 0 Å². The van der Waals surface area contributed by atoms with E-state index in [0.29, 0.717) is 0 Å². The molecule has 0 atom stereocenters. The second kappa shape index (κ2) is 4.98. The molecule has 0 spiro atoms. The second-order valence-electron chi connectivity index (χ2n) is 6.79. The van der Waals surface area contributed by atoms with Crippen molar-refractivity contribution in [3.63, 3.8) is 0 Å². The summed E-state index contributed by atoms with van der Waals surface area (Å²) in [6, 6.07) is 2.09. The molecule has 3 heteroatoms. The molecule has 0 heterocycles. The summed E-state index contributed by atoms with van der Waals surface area (Å²) in [6.45, 7) is 13.5. The molecule has 92 valence electrons. The summed E-state index contributed by atoms with van der Waals surface area (Å²) in [6.07, 6.45) is 0. The Morgan fingerprint density at radius 3 is 1.13 bits per heavy atom. The molecule has 0 rings (SSSR count). The van der Waals surface area contributed by atoms with Crippen molar-refractivity contribution in [3.8, 4) is 0 Å². The molecule has 0 aromatic carbocycles. The Morgan fingerprint density at radius 1 is 0.733 bits per heavy atom. The van der Waals surface area contributed by atoms with Crippen molar-refractivity contribution < 1.29 is 8.85 Å². The molecule has 0 aliphatic heterocycles. The van der Waals surface area contributed by atoms with Gasteiger partial charge in [-0.15, -0.1) is 0 Å². The fraction of sp³-hybridized carbons (Fsp3) is 1.00. The van der Waals surface area contributed by atoms with Crippen LogP contribution in [0.25, 0.3) is 0 Å². The van der Waals surface area contributed by atoms with Crippen LogP contribution in [0.4, 0.5) is 0 Å². The Hall–Kier alpha value is 0.137. The third-order valence-corrected chi connectivity index (χ3v) is 7.03. The lowest BCUT2D eigenvalue weighted by atomic mass is 10.00. The molecule has 0 radical (unpaired) electrons. The van der Waals surface area contributed by atoms with Crippen molar-refractivity contribution in [2.24, 2.45) is 10.8 Å². The van der Waals surface area contributed by atoms with Crippen LogP contribution < -0.4 is 0 Å². The Morgan fingerprint density at radius 2 is 1.00 bits per heavy atom. The highest BCUT2D eigenvalue weighted by Gasteiger charge is 2.42. The van der Waals surface area contributed by atoms with Crippen LogP contribution in [0.5, 0.6) is 0 Å². The Bertz CT molecular complexity index is 167. The average molecular weight is 232 g/mol. The van der Waals surface area contributed by atoms with Crippen LogP contribution in [0.2, 0.25) is 12.1 Å². The van der Waals surface area contributed by atoms with Crippen LogP contribution in [0.1, 0.15) is 41.5 Å². The minimum absolute atomic E-state index is 0.267. The predicted octanol–water partition coefficient (Wildman–Crippen LogP) is 3.81. The minimum atomic E-state index is -2.01. The standard InChI is InChI=1S/C12H28O2Si/c1-11(2,3)9-15(13-7,14-8)10-12(4,5)6/h9-10H2,1-8H3. The summed E-state index contributed by atoms with van der Waals surface area (Å²) in [7, 11) is 1.58. The third kappa shape index (κ3) is 6.33. The Kier molecular flexibility index (Phi) is 5.02. The molecule has 0 unspecified atom stereocenters. The van der Waals surface area contributed by atoms with Crippen LogP contribution in [0, 0.1) is 10.8 Å². The van der Waals surface area contributed by atoms with Gasteiger partial charge in [-0.3, -0.25) is 0 Å². The fourth-order valence-corrected chi connectivity index (χ4v) is 6.15. The first-order chi connectivity index (χ1) is 6.54. The first-order valence-corrected chi connectivity index (χ1v) is 7.87. The van der Waals surface area contributed by atoms with Crippen molar-refractivity contribution in [1.82, 2.24) is 0 Å². The summed E-state index contributed by atoms with van der Waals surface area (Å²) in [4.78, 5) is 0. The van der Waals surface area contributed by atoms with Gasteiger partial charge in [0.25, 0.3) is 0 Å². The maximum atomic E-state index is 5.76. The van der Waals surface area contributed by atoms with Gasteiger partial charge in [0, 0.05) is 14.2 Å². The Labute approximate surface area is 96.6 Å². The molecule has 0 aliphatic carbocycles. The fourth-order valence-electron chi connectivity index (χ4n) is 2.05. The quantitative estimate of drug-likeness (QED) is 0.686. The molecule has 0 bridgehead atoms. The van der Waals surface area contributed by atoms with E-state index in [2.05, 4.69) is 41.5 Å². The van der Waals surface area contributed by atoms with Crippen molar-refractivity contribution >= 4 is 8.56 Å². The van der Waals surface area contributed by atoms with Gasteiger partial charge >= 0.3 is 8.56 Å². The van der Waals surface area contributed by atoms with Gasteiger partial charge in [-0.1, -0.05) is 41.5 Å². The largest absolute Gasteiger partial charge is 0.398 e. The summed E-state index contributed by atoms with van der Waals surface area (Å²) >= 11 is 0. The molecule has 0 saturated heterocycles. The van der Waals surface area contributed by atoms with Crippen LogP contribution in [-0.2, 0) is 8.85 Å². The molecule has 0 aliphatic rings. The maximum Gasteiger partial charge on any atom is 0.338 e. The Balaban J connectivity index is 4.74. The number of hydrogen-bond donors (Lipinski definition) is 0. The zero-order valence-electron chi connectivity index (χ0n) is 11.7. The molecular formula is C12H28O2Si. The summed E-state index contributed by atoms with van der Waals surface area (Å²) in [5.74, 6) is 0. The van der Waals surface area contributed by atoms with Gasteiger partial charge in [0.1, 0.15) is 0 Å².